The first kappa shape index (κ1) is 21.3. The first-order valence-corrected chi connectivity index (χ1v) is 10.8. The maximum Gasteiger partial charge on any atom is 0.242 e. The molecular weight excluding hydrogens is 366 g/mol. The third-order valence-electron chi connectivity index (χ3n) is 5.76. The SMILES string of the molecule is CCc1nc2ccccc2n1CC(=O)N1CCCN(CC(=O)N(CC)CC)CC1. The number of carbonyl (C=O) groups excluding carboxylic acids is 2. The summed E-state index contributed by atoms with van der Waals surface area (Å²) in [5, 5.41) is 0. The lowest BCUT2D eigenvalue weighted by atomic mass is 10.3. The van der Waals surface area contributed by atoms with Crippen LogP contribution in [0.1, 0.15) is 33.0 Å². The fraction of sp³-hybridized carbons (Fsp3) is 0.591. The molecular formula is C22H33N5O2. The van der Waals surface area contributed by atoms with Crippen LogP contribution >= 0.6 is 0 Å². The van der Waals surface area contributed by atoms with Crippen LogP contribution in [0, 0.1) is 0 Å². The Kier molecular flexibility index (Phi) is 7.25. The summed E-state index contributed by atoms with van der Waals surface area (Å²) in [4.78, 5) is 36.1. The standard InChI is InChI=1S/C22H33N5O2/c1-4-20-23-18-10-7-8-11-19(18)27(20)17-22(29)26-13-9-12-24(14-15-26)16-21(28)25(5-2)6-3/h7-8,10-11H,4-6,9,12-17H2,1-3H3. The van der Waals surface area contributed by atoms with Crippen LogP contribution < -0.4 is 0 Å². The molecule has 3 rings (SSSR count). The predicted octanol–water partition coefficient (Wildman–Crippen LogP) is 2.00. The first-order chi connectivity index (χ1) is 14.1. The van der Waals surface area contributed by atoms with E-state index in [1.165, 1.54) is 0 Å². The van der Waals surface area contributed by atoms with Crippen LogP contribution in [0.25, 0.3) is 11.0 Å². The summed E-state index contributed by atoms with van der Waals surface area (Å²) in [6.45, 7) is 11.3. The molecule has 0 aliphatic carbocycles. The monoisotopic (exact) mass is 399 g/mol. The van der Waals surface area contributed by atoms with Crippen molar-refractivity contribution in [3.63, 3.8) is 0 Å². The Morgan fingerprint density at radius 1 is 1.00 bits per heavy atom. The average molecular weight is 400 g/mol. The van der Waals surface area contributed by atoms with Crippen LogP contribution in [0.5, 0.6) is 0 Å². The second-order valence-electron chi connectivity index (χ2n) is 7.53. The summed E-state index contributed by atoms with van der Waals surface area (Å²) in [7, 11) is 0. The van der Waals surface area contributed by atoms with E-state index < -0.39 is 0 Å². The topological polar surface area (TPSA) is 61.7 Å². The average Bonchev–Trinajstić information content (AvgIpc) is 2.91. The van der Waals surface area contributed by atoms with Gasteiger partial charge >= 0.3 is 0 Å². The van der Waals surface area contributed by atoms with Crippen molar-refractivity contribution in [2.75, 3.05) is 45.8 Å². The van der Waals surface area contributed by atoms with Crippen LogP contribution in [0.2, 0.25) is 0 Å². The minimum Gasteiger partial charge on any atom is -0.342 e. The molecule has 2 aromatic rings. The Labute approximate surface area is 173 Å². The lowest BCUT2D eigenvalue weighted by Gasteiger charge is -2.25. The van der Waals surface area contributed by atoms with E-state index in [9.17, 15) is 9.59 Å². The van der Waals surface area contributed by atoms with Gasteiger partial charge in [-0.1, -0.05) is 19.1 Å². The Hall–Kier alpha value is -2.41. The highest BCUT2D eigenvalue weighted by atomic mass is 16.2. The number of aryl methyl sites for hydroxylation is 1. The van der Waals surface area contributed by atoms with Crippen molar-refractivity contribution in [2.45, 2.75) is 40.2 Å². The van der Waals surface area contributed by atoms with E-state index in [4.69, 9.17) is 0 Å². The molecule has 2 amide bonds. The van der Waals surface area contributed by atoms with Gasteiger partial charge in [0.05, 0.1) is 17.6 Å². The van der Waals surface area contributed by atoms with E-state index in [0.29, 0.717) is 19.6 Å². The maximum atomic E-state index is 13.0. The van der Waals surface area contributed by atoms with Crippen molar-refractivity contribution in [3.05, 3.63) is 30.1 Å². The molecule has 0 spiro atoms. The normalized spacial score (nSPS) is 15.5. The van der Waals surface area contributed by atoms with Crippen molar-refractivity contribution in [1.82, 2.24) is 24.3 Å². The van der Waals surface area contributed by atoms with Gasteiger partial charge in [0.15, 0.2) is 0 Å². The number of carbonyl (C=O) groups is 2. The van der Waals surface area contributed by atoms with Crippen LogP contribution in [0.4, 0.5) is 0 Å². The van der Waals surface area contributed by atoms with Crippen LogP contribution in [0.3, 0.4) is 0 Å². The Morgan fingerprint density at radius 2 is 1.76 bits per heavy atom. The summed E-state index contributed by atoms with van der Waals surface area (Å²) in [6, 6.07) is 7.98. The molecule has 0 saturated carbocycles. The van der Waals surface area contributed by atoms with Crippen molar-refractivity contribution < 1.29 is 9.59 Å². The number of rotatable bonds is 7. The number of likely N-dealkylation sites (N-methyl/N-ethyl adjacent to an activating group) is 1. The van der Waals surface area contributed by atoms with Gasteiger partial charge in [0, 0.05) is 45.7 Å². The van der Waals surface area contributed by atoms with Gasteiger partial charge in [0.1, 0.15) is 12.4 Å². The lowest BCUT2D eigenvalue weighted by molar-refractivity contribution is -0.132. The number of benzene rings is 1. The quantitative estimate of drug-likeness (QED) is 0.715. The molecule has 29 heavy (non-hydrogen) atoms. The smallest absolute Gasteiger partial charge is 0.242 e. The maximum absolute atomic E-state index is 13.0. The van der Waals surface area contributed by atoms with Gasteiger partial charge in [-0.3, -0.25) is 14.5 Å². The molecule has 0 atom stereocenters. The molecule has 158 valence electrons. The van der Waals surface area contributed by atoms with Crippen molar-refractivity contribution in [1.29, 1.82) is 0 Å². The van der Waals surface area contributed by atoms with Gasteiger partial charge in [-0.25, -0.2) is 4.98 Å². The molecule has 7 heteroatoms. The Morgan fingerprint density at radius 3 is 2.48 bits per heavy atom. The number of aromatic nitrogens is 2. The Balaban J connectivity index is 1.62. The third-order valence-corrected chi connectivity index (χ3v) is 5.76. The largest absolute Gasteiger partial charge is 0.342 e. The second-order valence-corrected chi connectivity index (χ2v) is 7.53. The lowest BCUT2D eigenvalue weighted by Crippen LogP contribution is -2.42. The van der Waals surface area contributed by atoms with Crippen LogP contribution in [-0.4, -0.2) is 81.9 Å². The van der Waals surface area contributed by atoms with Crippen molar-refractivity contribution in [2.24, 2.45) is 0 Å². The minimum absolute atomic E-state index is 0.125. The van der Waals surface area contributed by atoms with Gasteiger partial charge in [-0.05, 0) is 32.4 Å². The van der Waals surface area contributed by atoms with E-state index in [1.54, 1.807) is 0 Å². The zero-order chi connectivity index (χ0) is 20.8. The number of hydrogen-bond acceptors (Lipinski definition) is 4. The van der Waals surface area contributed by atoms with Crippen molar-refractivity contribution in [3.8, 4) is 0 Å². The van der Waals surface area contributed by atoms with Crippen LogP contribution in [0.15, 0.2) is 24.3 Å². The zero-order valence-electron chi connectivity index (χ0n) is 17.9. The van der Waals surface area contributed by atoms with Gasteiger partial charge < -0.3 is 14.4 Å². The molecule has 1 fully saturated rings. The summed E-state index contributed by atoms with van der Waals surface area (Å²) >= 11 is 0. The summed E-state index contributed by atoms with van der Waals surface area (Å²) < 4.78 is 2.05. The van der Waals surface area contributed by atoms with Gasteiger partial charge in [-0.2, -0.15) is 0 Å². The highest BCUT2D eigenvalue weighted by molar-refractivity contribution is 5.81. The molecule has 1 aliphatic heterocycles. The van der Waals surface area contributed by atoms with E-state index in [-0.39, 0.29) is 11.8 Å². The van der Waals surface area contributed by atoms with E-state index >= 15 is 0 Å². The molecule has 1 aromatic carbocycles. The highest BCUT2D eigenvalue weighted by Crippen LogP contribution is 2.17. The molecule has 0 radical (unpaired) electrons. The summed E-state index contributed by atoms with van der Waals surface area (Å²) in [5.41, 5.74) is 1.95. The van der Waals surface area contributed by atoms with E-state index in [1.807, 2.05) is 52.5 Å². The fourth-order valence-electron chi connectivity index (χ4n) is 4.05. The molecule has 1 aromatic heterocycles. The molecule has 1 aliphatic rings. The number of fused-ring (bicyclic) bond motifs is 1. The summed E-state index contributed by atoms with van der Waals surface area (Å²) in [6.07, 6.45) is 1.69. The number of para-hydroxylation sites is 2. The molecule has 7 nitrogen and oxygen atoms in total. The molecule has 0 unspecified atom stereocenters. The molecule has 2 heterocycles. The molecule has 1 saturated heterocycles. The molecule has 0 N–H and O–H groups in total. The van der Waals surface area contributed by atoms with Crippen molar-refractivity contribution >= 4 is 22.8 Å². The Bertz CT molecular complexity index is 843. The number of nitrogens with zero attached hydrogens (tertiary/aromatic N) is 5. The number of amides is 2. The van der Waals surface area contributed by atoms with E-state index in [0.717, 1.165) is 62.4 Å². The zero-order valence-corrected chi connectivity index (χ0v) is 17.9. The van der Waals surface area contributed by atoms with Gasteiger partial charge in [0.2, 0.25) is 11.8 Å². The fourth-order valence-corrected chi connectivity index (χ4v) is 4.05. The third kappa shape index (κ3) is 4.96. The summed E-state index contributed by atoms with van der Waals surface area (Å²) in [5.74, 6) is 1.24. The predicted molar refractivity (Wildman–Crippen MR) is 115 cm³/mol. The second kappa shape index (κ2) is 9.87. The highest BCUT2D eigenvalue weighted by Gasteiger charge is 2.23. The number of imidazole rings is 1. The van der Waals surface area contributed by atoms with Gasteiger partial charge in [0.25, 0.3) is 0 Å². The van der Waals surface area contributed by atoms with E-state index in [2.05, 4.69) is 16.8 Å². The molecule has 0 bridgehead atoms. The van der Waals surface area contributed by atoms with Gasteiger partial charge in [-0.15, -0.1) is 0 Å². The van der Waals surface area contributed by atoms with Crippen LogP contribution in [-0.2, 0) is 22.6 Å². The first-order valence-electron chi connectivity index (χ1n) is 10.8. The number of hydrogen-bond donors (Lipinski definition) is 0. The minimum atomic E-state index is 0.125.